The molecule has 0 unspecified atom stereocenters. The second-order valence-corrected chi connectivity index (χ2v) is 6.04. The van der Waals surface area contributed by atoms with Gasteiger partial charge in [0, 0.05) is 12.2 Å². The van der Waals surface area contributed by atoms with Gasteiger partial charge in [-0.3, -0.25) is 4.79 Å². The van der Waals surface area contributed by atoms with Crippen molar-refractivity contribution in [3.8, 4) is 0 Å². The molecular weight excluding hydrogens is 310 g/mol. The van der Waals surface area contributed by atoms with Gasteiger partial charge in [0.25, 0.3) is 5.91 Å². The van der Waals surface area contributed by atoms with Gasteiger partial charge in [0.15, 0.2) is 0 Å². The Morgan fingerprint density at radius 3 is 2.52 bits per heavy atom. The predicted octanol–water partition coefficient (Wildman–Crippen LogP) is 4.37. The molecule has 1 aromatic heterocycles. The Labute approximate surface area is 147 Å². The molecule has 4 nitrogen and oxygen atoms in total. The summed E-state index contributed by atoms with van der Waals surface area (Å²) in [6, 6.07) is 19.7. The normalized spacial score (nSPS) is 10.3. The Bertz CT molecular complexity index is 858. The lowest BCUT2D eigenvalue weighted by atomic mass is 10.1. The molecule has 0 saturated carbocycles. The Hall–Kier alpha value is -3.14. The fraction of sp³-hybridized carbons (Fsp3) is 0.143. The SMILES string of the molecule is Cc1ccc(C)c(Nc2ccc(C(=O)NCc3ccccc3)nc2)c1. The average Bonchev–Trinajstić information content (AvgIpc) is 2.64. The maximum Gasteiger partial charge on any atom is 0.270 e. The van der Waals surface area contributed by atoms with Gasteiger partial charge in [0.2, 0.25) is 0 Å². The first-order chi connectivity index (χ1) is 12.1. The minimum atomic E-state index is -0.179. The van der Waals surface area contributed by atoms with Gasteiger partial charge in [-0.2, -0.15) is 0 Å². The molecule has 2 aromatic carbocycles. The van der Waals surface area contributed by atoms with Crippen LogP contribution in [0.5, 0.6) is 0 Å². The van der Waals surface area contributed by atoms with Crippen molar-refractivity contribution in [3.63, 3.8) is 0 Å². The van der Waals surface area contributed by atoms with Crippen molar-refractivity contribution in [1.29, 1.82) is 0 Å². The molecule has 2 N–H and O–H groups in total. The minimum absolute atomic E-state index is 0.179. The highest BCUT2D eigenvalue weighted by Gasteiger charge is 2.07. The first-order valence-electron chi connectivity index (χ1n) is 8.24. The molecule has 0 radical (unpaired) electrons. The lowest BCUT2D eigenvalue weighted by Crippen LogP contribution is -2.23. The second kappa shape index (κ2) is 7.62. The van der Waals surface area contributed by atoms with Crippen molar-refractivity contribution in [2.24, 2.45) is 0 Å². The molecule has 1 amide bonds. The van der Waals surface area contributed by atoms with Crippen LogP contribution in [0.2, 0.25) is 0 Å². The number of carbonyl (C=O) groups excluding carboxylic acids is 1. The molecule has 0 atom stereocenters. The van der Waals surface area contributed by atoms with E-state index in [0.717, 1.165) is 22.5 Å². The highest BCUT2D eigenvalue weighted by Crippen LogP contribution is 2.21. The van der Waals surface area contributed by atoms with Crippen LogP contribution in [0.4, 0.5) is 11.4 Å². The molecule has 0 spiro atoms. The van der Waals surface area contributed by atoms with Crippen LogP contribution >= 0.6 is 0 Å². The van der Waals surface area contributed by atoms with Crippen molar-refractivity contribution < 1.29 is 4.79 Å². The highest BCUT2D eigenvalue weighted by atomic mass is 16.1. The molecule has 25 heavy (non-hydrogen) atoms. The number of rotatable bonds is 5. The summed E-state index contributed by atoms with van der Waals surface area (Å²) in [6.45, 7) is 4.60. The standard InChI is InChI=1S/C21H21N3O/c1-15-8-9-16(2)20(12-15)24-18-10-11-19(22-14-18)21(25)23-13-17-6-4-3-5-7-17/h3-12,14,24H,13H2,1-2H3,(H,23,25). The Balaban J connectivity index is 1.63. The summed E-state index contributed by atoms with van der Waals surface area (Å²) in [6.07, 6.45) is 1.68. The summed E-state index contributed by atoms with van der Waals surface area (Å²) in [7, 11) is 0. The Kier molecular flexibility index (Phi) is 5.09. The lowest BCUT2D eigenvalue weighted by Gasteiger charge is -2.11. The third-order valence-corrected chi connectivity index (χ3v) is 3.96. The molecule has 0 aliphatic heterocycles. The van der Waals surface area contributed by atoms with Gasteiger partial charge in [0.1, 0.15) is 5.69 Å². The molecule has 0 saturated heterocycles. The number of hydrogen-bond donors (Lipinski definition) is 2. The van der Waals surface area contributed by atoms with E-state index in [1.54, 1.807) is 12.3 Å². The quantitative estimate of drug-likeness (QED) is 0.730. The summed E-state index contributed by atoms with van der Waals surface area (Å²) in [5.74, 6) is -0.179. The summed E-state index contributed by atoms with van der Waals surface area (Å²) >= 11 is 0. The van der Waals surface area contributed by atoms with Crippen LogP contribution in [-0.4, -0.2) is 10.9 Å². The van der Waals surface area contributed by atoms with Gasteiger partial charge in [-0.05, 0) is 48.7 Å². The maximum atomic E-state index is 12.2. The average molecular weight is 331 g/mol. The number of amides is 1. The largest absolute Gasteiger partial charge is 0.354 e. The van der Waals surface area contributed by atoms with E-state index in [2.05, 4.69) is 47.7 Å². The summed E-state index contributed by atoms with van der Waals surface area (Å²) in [5.41, 5.74) is 5.72. The van der Waals surface area contributed by atoms with Crippen LogP contribution in [0.1, 0.15) is 27.2 Å². The topological polar surface area (TPSA) is 54.0 Å². The molecule has 0 bridgehead atoms. The molecule has 0 aliphatic rings. The van der Waals surface area contributed by atoms with E-state index in [4.69, 9.17) is 0 Å². The van der Waals surface area contributed by atoms with Crippen molar-refractivity contribution in [2.45, 2.75) is 20.4 Å². The van der Waals surface area contributed by atoms with Crippen LogP contribution < -0.4 is 10.6 Å². The first kappa shape index (κ1) is 16.7. The Morgan fingerprint density at radius 1 is 1.00 bits per heavy atom. The number of nitrogens with one attached hydrogen (secondary N) is 2. The zero-order valence-corrected chi connectivity index (χ0v) is 14.4. The number of hydrogen-bond acceptors (Lipinski definition) is 3. The van der Waals surface area contributed by atoms with E-state index in [1.165, 1.54) is 5.56 Å². The maximum absolute atomic E-state index is 12.2. The van der Waals surface area contributed by atoms with Crippen molar-refractivity contribution in [2.75, 3.05) is 5.32 Å². The monoisotopic (exact) mass is 331 g/mol. The van der Waals surface area contributed by atoms with E-state index in [1.807, 2.05) is 36.4 Å². The van der Waals surface area contributed by atoms with Crippen LogP contribution in [0.3, 0.4) is 0 Å². The number of anilines is 2. The lowest BCUT2D eigenvalue weighted by molar-refractivity contribution is 0.0946. The van der Waals surface area contributed by atoms with Gasteiger partial charge in [-0.1, -0.05) is 42.5 Å². The van der Waals surface area contributed by atoms with Gasteiger partial charge in [0.05, 0.1) is 11.9 Å². The van der Waals surface area contributed by atoms with E-state index < -0.39 is 0 Å². The fourth-order valence-electron chi connectivity index (χ4n) is 2.50. The predicted molar refractivity (Wildman–Crippen MR) is 101 cm³/mol. The zero-order valence-electron chi connectivity index (χ0n) is 14.4. The molecule has 3 rings (SSSR count). The van der Waals surface area contributed by atoms with E-state index in [9.17, 15) is 4.79 Å². The molecule has 0 aliphatic carbocycles. The van der Waals surface area contributed by atoms with Crippen molar-refractivity contribution in [3.05, 3.63) is 89.2 Å². The number of aryl methyl sites for hydroxylation is 2. The van der Waals surface area contributed by atoms with Crippen LogP contribution in [0.25, 0.3) is 0 Å². The second-order valence-electron chi connectivity index (χ2n) is 6.04. The number of carbonyl (C=O) groups is 1. The van der Waals surface area contributed by atoms with Crippen LogP contribution in [-0.2, 0) is 6.54 Å². The summed E-state index contributed by atoms with van der Waals surface area (Å²) in [5, 5.41) is 6.22. The third-order valence-electron chi connectivity index (χ3n) is 3.96. The zero-order chi connectivity index (χ0) is 17.6. The molecule has 126 valence electrons. The minimum Gasteiger partial charge on any atom is -0.354 e. The van der Waals surface area contributed by atoms with Gasteiger partial charge < -0.3 is 10.6 Å². The van der Waals surface area contributed by atoms with E-state index in [-0.39, 0.29) is 5.91 Å². The van der Waals surface area contributed by atoms with Gasteiger partial charge >= 0.3 is 0 Å². The molecule has 1 heterocycles. The van der Waals surface area contributed by atoms with Crippen LogP contribution in [0, 0.1) is 13.8 Å². The summed E-state index contributed by atoms with van der Waals surface area (Å²) < 4.78 is 0. The summed E-state index contributed by atoms with van der Waals surface area (Å²) in [4.78, 5) is 16.5. The van der Waals surface area contributed by atoms with E-state index in [0.29, 0.717) is 12.2 Å². The van der Waals surface area contributed by atoms with Crippen molar-refractivity contribution in [1.82, 2.24) is 10.3 Å². The molecule has 0 fully saturated rings. The third kappa shape index (κ3) is 4.44. The van der Waals surface area contributed by atoms with Gasteiger partial charge in [-0.25, -0.2) is 4.98 Å². The van der Waals surface area contributed by atoms with Gasteiger partial charge in [-0.15, -0.1) is 0 Å². The van der Waals surface area contributed by atoms with Crippen molar-refractivity contribution >= 4 is 17.3 Å². The molecule has 4 heteroatoms. The molecular formula is C21H21N3O. The van der Waals surface area contributed by atoms with Crippen LogP contribution in [0.15, 0.2) is 66.9 Å². The smallest absolute Gasteiger partial charge is 0.270 e. The first-order valence-corrected chi connectivity index (χ1v) is 8.24. The highest BCUT2D eigenvalue weighted by molar-refractivity contribution is 5.92. The fourth-order valence-corrected chi connectivity index (χ4v) is 2.50. The number of nitrogens with zero attached hydrogens (tertiary/aromatic N) is 1. The number of pyridine rings is 1. The number of benzene rings is 2. The Morgan fingerprint density at radius 2 is 1.80 bits per heavy atom. The molecule has 3 aromatic rings. The van der Waals surface area contributed by atoms with E-state index >= 15 is 0 Å². The number of aromatic nitrogens is 1.